The second kappa shape index (κ2) is 6.62. The lowest BCUT2D eigenvalue weighted by atomic mass is 9.99. The Kier molecular flexibility index (Phi) is 5.09. The van der Waals surface area contributed by atoms with Crippen molar-refractivity contribution >= 4 is 10.2 Å². The van der Waals surface area contributed by atoms with Gasteiger partial charge < -0.3 is 5.73 Å². The topological polar surface area (TPSA) is 88.3 Å². The lowest BCUT2D eigenvalue weighted by Gasteiger charge is -2.31. The summed E-state index contributed by atoms with van der Waals surface area (Å²) in [5, 5.41) is 0. The predicted octanol–water partition coefficient (Wildman–Crippen LogP) is 0.648. The van der Waals surface area contributed by atoms with Crippen LogP contribution in [-0.4, -0.2) is 37.3 Å². The molecular weight excluding hydrogens is 276 g/mol. The van der Waals surface area contributed by atoms with Crippen LogP contribution < -0.4 is 10.5 Å². The first-order valence-corrected chi connectivity index (χ1v) is 8.34. The molecule has 1 unspecified atom stereocenters. The predicted molar refractivity (Wildman–Crippen MR) is 78.1 cm³/mol. The highest BCUT2D eigenvalue weighted by Gasteiger charge is 2.28. The molecule has 7 heteroatoms. The summed E-state index contributed by atoms with van der Waals surface area (Å²) >= 11 is 0. The number of pyridine rings is 1. The number of hydrogen-bond donors (Lipinski definition) is 2. The third-order valence-corrected chi connectivity index (χ3v) is 5.45. The van der Waals surface area contributed by atoms with E-state index in [1.54, 1.807) is 18.5 Å². The van der Waals surface area contributed by atoms with E-state index in [0.29, 0.717) is 25.6 Å². The molecule has 2 heterocycles. The van der Waals surface area contributed by atoms with E-state index >= 15 is 0 Å². The molecule has 1 aliphatic rings. The zero-order valence-corrected chi connectivity index (χ0v) is 12.5. The number of nitrogens with one attached hydrogen (secondary N) is 1. The quantitative estimate of drug-likeness (QED) is 0.835. The summed E-state index contributed by atoms with van der Waals surface area (Å²) in [6.07, 6.45) is 5.01. The molecule has 0 saturated carbocycles. The van der Waals surface area contributed by atoms with Gasteiger partial charge in [-0.3, -0.25) is 4.98 Å². The zero-order valence-electron chi connectivity index (χ0n) is 11.7. The number of rotatable bonds is 5. The van der Waals surface area contributed by atoms with Crippen molar-refractivity contribution in [3.63, 3.8) is 0 Å². The Morgan fingerprint density at radius 2 is 2.20 bits per heavy atom. The first kappa shape index (κ1) is 15.4. The first-order valence-electron chi connectivity index (χ1n) is 6.90. The highest BCUT2D eigenvalue weighted by atomic mass is 32.2. The van der Waals surface area contributed by atoms with Gasteiger partial charge in [0.1, 0.15) is 0 Å². The van der Waals surface area contributed by atoms with E-state index in [-0.39, 0.29) is 6.04 Å². The van der Waals surface area contributed by atoms with Gasteiger partial charge in [0.2, 0.25) is 0 Å². The third-order valence-electron chi connectivity index (χ3n) is 3.76. The van der Waals surface area contributed by atoms with Gasteiger partial charge in [0.25, 0.3) is 10.2 Å². The number of nitrogens with two attached hydrogens (primary N) is 1. The van der Waals surface area contributed by atoms with Gasteiger partial charge in [-0.05, 0) is 43.9 Å². The van der Waals surface area contributed by atoms with Gasteiger partial charge in [0.15, 0.2) is 0 Å². The van der Waals surface area contributed by atoms with Crippen LogP contribution in [-0.2, 0) is 10.2 Å². The molecular formula is C13H22N4O2S. The fourth-order valence-corrected chi connectivity index (χ4v) is 3.81. The lowest BCUT2D eigenvalue weighted by molar-refractivity contribution is 0.274. The van der Waals surface area contributed by atoms with E-state index < -0.39 is 10.2 Å². The van der Waals surface area contributed by atoms with E-state index in [9.17, 15) is 8.42 Å². The Hall–Kier alpha value is -1.02. The zero-order chi connectivity index (χ0) is 14.6. The van der Waals surface area contributed by atoms with Crippen molar-refractivity contribution in [3.05, 3.63) is 30.1 Å². The molecule has 0 aromatic carbocycles. The maximum atomic E-state index is 12.3. The van der Waals surface area contributed by atoms with E-state index in [4.69, 9.17) is 5.73 Å². The minimum atomic E-state index is -3.45. The molecule has 3 N–H and O–H groups in total. The van der Waals surface area contributed by atoms with Crippen molar-refractivity contribution in [2.24, 2.45) is 11.7 Å². The maximum Gasteiger partial charge on any atom is 0.279 e. The van der Waals surface area contributed by atoms with E-state index in [2.05, 4.69) is 9.71 Å². The van der Waals surface area contributed by atoms with Crippen LogP contribution in [0.1, 0.15) is 31.4 Å². The highest BCUT2D eigenvalue weighted by molar-refractivity contribution is 7.87. The minimum Gasteiger partial charge on any atom is -0.330 e. The average molecular weight is 298 g/mol. The van der Waals surface area contributed by atoms with E-state index in [1.165, 1.54) is 4.31 Å². The van der Waals surface area contributed by atoms with E-state index in [1.807, 2.05) is 13.0 Å². The minimum absolute atomic E-state index is 0.291. The normalized spacial score (nSPS) is 19.9. The molecule has 1 aliphatic heterocycles. The number of hydrogen-bond acceptors (Lipinski definition) is 4. The van der Waals surface area contributed by atoms with Gasteiger partial charge in [0, 0.05) is 31.5 Å². The Labute approximate surface area is 120 Å². The van der Waals surface area contributed by atoms with Crippen LogP contribution in [0.2, 0.25) is 0 Å². The van der Waals surface area contributed by atoms with E-state index in [0.717, 1.165) is 18.4 Å². The number of piperidine rings is 1. The Bertz CT molecular complexity index is 512. The van der Waals surface area contributed by atoms with Gasteiger partial charge in [-0.1, -0.05) is 6.07 Å². The SMILES string of the molecule is CC(NS(=O)(=O)N1CCC(CN)CC1)c1cccnc1. The molecule has 0 amide bonds. The van der Waals surface area contributed by atoms with Crippen LogP contribution in [0.25, 0.3) is 0 Å². The average Bonchev–Trinajstić information content (AvgIpc) is 2.48. The smallest absolute Gasteiger partial charge is 0.279 e. The van der Waals surface area contributed by atoms with Crippen LogP contribution in [0.5, 0.6) is 0 Å². The Morgan fingerprint density at radius 3 is 2.75 bits per heavy atom. The van der Waals surface area contributed by atoms with Crippen molar-refractivity contribution in [2.45, 2.75) is 25.8 Å². The van der Waals surface area contributed by atoms with Crippen molar-refractivity contribution < 1.29 is 8.42 Å². The number of nitrogens with zero attached hydrogens (tertiary/aromatic N) is 2. The van der Waals surface area contributed by atoms with Gasteiger partial charge in [-0.25, -0.2) is 0 Å². The second-order valence-electron chi connectivity index (χ2n) is 5.21. The molecule has 0 spiro atoms. The molecule has 1 aromatic rings. The first-order chi connectivity index (χ1) is 9.53. The van der Waals surface area contributed by atoms with Crippen LogP contribution >= 0.6 is 0 Å². The van der Waals surface area contributed by atoms with Gasteiger partial charge in [0.05, 0.1) is 0 Å². The molecule has 20 heavy (non-hydrogen) atoms. The summed E-state index contributed by atoms with van der Waals surface area (Å²) in [6.45, 7) is 3.53. The fourth-order valence-electron chi connectivity index (χ4n) is 2.38. The summed E-state index contributed by atoms with van der Waals surface area (Å²) in [5.41, 5.74) is 6.48. The molecule has 6 nitrogen and oxygen atoms in total. The molecule has 1 atom stereocenters. The highest BCUT2D eigenvalue weighted by Crippen LogP contribution is 2.19. The fraction of sp³-hybridized carbons (Fsp3) is 0.615. The molecule has 0 aliphatic carbocycles. The molecule has 1 aromatic heterocycles. The van der Waals surface area contributed by atoms with Crippen LogP contribution in [0, 0.1) is 5.92 Å². The molecule has 0 bridgehead atoms. The van der Waals surface area contributed by atoms with Gasteiger partial charge in [-0.2, -0.15) is 17.4 Å². The third kappa shape index (κ3) is 3.76. The molecule has 112 valence electrons. The van der Waals surface area contributed by atoms with Crippen molar-refractivity contribution in [1.29, 1.82) is 0 Å². The summed E-state index contributed by atoms with van der Waals surface area (Å²) < 4.78 is 28.9. The molecule has 1 saturated heterocycles. The lowest BCUT2D eigenvalue weighted by Crippen LogP contribution is -2.46. The monoisotopic (exact) mass is 298 g/mol. The van der Waals surface area contributed by atoms with Crippen LogP contribution in [0.3, 0.4) is 0 Å². The summed E-state index contributed by atoms with van der Waals surface area (Å²) in [4.78, 5) is 4.01. The number of aromatic nitrogens is 1. The molecule has 0 radical (unpaired) electrons. The largest absolute Gasteiger partial charge is 0.330 e. The Balaban J connectivity index is 1.98. The van der Waals surface area contributed by atoms with Crippen molar-refractivity contribution in [1.82, 2.24) is 14.0 Å². The molecule has 2 rings (SSSR count). The molecule has 1 fully saturated rings. The standard InChI is InChI=1S/C13H22N4O2S/c1-11(13-3-2-6-15-10-13)16-20(18,19)17-7-4-12(9-14)5-8-17/h2-3,6,10-12,16H,4-5,7-9,14H2,1H3. The summed E-state index contributed by atoms with van der Waals surface area (Å²) in [7, 11) is -3.45. The Morgan fingerprint density at radius 1 is 1.50 bits per heavy atom. The van der Waals surface area contributed by atoms with Crippen molar-refractivity contribution in [3.8, 4) is 0 Å². The summed E-state index contributed by atoms with van der Waals surface area (Å²) in [5.74, 6) is 0.442. The van der Waals surface area contributed by atoms with Gasteiger partial charge in [-0.15, -0.1) is 0 Å². The van der Waals surface area contributed by atoms with Crippen LogP contribution in [0.15, 0.2) is 24.5 Å². The van der Waals surface area contributed by atoms with Crippen LogP contribution in [0.4, 0.5) is 0 Å². The summed E-state index contributed by atoms with van der Waals surface area (Å²) in [6, 6.07) is 3.37. The maximum absolute atomic E-state index is 12.3. The van der Waals surface area contributed by atoms with Crippen molar-refractivity contribution in [2.75, 3.05) is 19.6 Å². The second-order valence-corrected chi connectivity index (χ2v) is 6.91. The van der Waals surface area contributed by atoms with Gasteiger partial charge >= 0.3 is 0 Å².